The van der Waals surface area contributed by atoms with E-state index in [4.69, 9.17) is 9.47 Å². The first-order valence-corrected chi connectivity index (χ1v) is 14.3. The van der Waals surface area contributed by atoms with Gasteiger partial charge in [-0.15, -0.1) is 0 Å². The maximum atomic E-state index is 13.3. The van der Waals surface area contributed by atoms with Crippen molar-refractivity contribution in [2.24, 2.45) is 7.05 Å². The number of nitrogens with one attached hydrogen (secondary N) is 1. The number of fused-ring (bicyclic) bond motifs is 1. The molecule has 3 aromatic carbocycles. The molecule has 6 nitrogen and oxygen atoms in total. The van der Waals surface area contributed by atoms with Gasteiger partial charge >= 0.3 is 5.97 Å². The number of nitrogens with zero attached hydrogens (tertiary/aromatic N) is 1. The Morgan fingerprint density at radius 3 is 2.41 bits per heavy atom. The highest BCUT2D eigenvalue weighted by Crippen LogP contribution is 2.30. The fourth-order valence-electron chi connectivity index (χ4n) is 5.09. The van der Waals surface area contributed by atoms with Crippen LogP contribution in [0.25, 0.3) is 10.9 Å². The van der Waals surface area contributed by atoms with E-state index >= 15 is 0 Å². The van der Waals surface area contributed by atoms with Crippen molar-refractivity contribution < 1.29 is 19.1 Å². The number of carbonyl (C=O) groups excluding carboxylic acids is 2. The minimum atomic E-state index is -0.681. The van der Waals surface area contributed by atoms with Crippen LogP contribution in [0, 0.1) is 6.92 Å². The van der Waals surface area contributed by atoms with Gasteiger partial charge in [0.25, 0.3) is 5.91 Å². The number of aromatic nitrogens is 1. The molecule has 4 aromatic rings. The van der Waals surface area contributed by atoms with E-state index in [9.17, 15) is 9.59 Å². The Kier molecular flexibility index (Phi) is 8.91. The van der Waals surface area contributed by atoms with Crippen molar-refractivity contribution in [1.82, 2.24) is 9.88 Å². The summed E-state index contributed by atoms with van der Waals surface area (Å²) >= 11 is 0. The molecule has 1 heterocycles. The van der Waals surface area contributed by atoms with Crippen LogP contribution < -0.4 is 10.1 Å². The van der Waals surface area contributed by atoms with Gasteiger partial charge in [-0.1, -0.05) is 63.2 Å². The Balaban J connectivity index is 1.53. The van der Waals surface area contributed by atoms with Crippen molar-refractivity contribution in [3.05, 3.63) is 100 Å². The van der Waals surface area contributed by atoms with E-state index in [1.165, 1.54) is 11.1 Å². The normalized spacial score (nSPS) is 13.1. The van der Waals surface area contributed by atoms with Crippen LogP contribution in [0.15, 0.2) is 66.7 Å². The SMILES string of the molecule is CCOC(=O)C(C)Oc1cccc(Cc2c(C)n(C)c3cc(C(=O)N[C@@H](C)c4cccc(C(C)(C)C)c4)ccc23)c1. The average Bonchev–Trinajstić information content (AvgIpc) is 3.17. The molecule has 0 aliphatic rings. The first-order chi connectivity index (χ1) is 19.4. The standard InChI is InChI=1S/C35H42N2O4/c1-9-40-34(39)24(4)41-29-15-10-12-25(18-29)19-31-23(3)37(8)32-21-27(16-17-30(31)32)33(38)36-22(2)26-13-11-14-28(20-26)35(5,6)7/h10-18,20-22,24H,9,19H2,1-8H3,(H,36,38)/t22-,24?/m0/s1. The topological polar surface area (TPSA) is 69.6 Å². The van der Waals surface area contributed by atoms with Gasteiger partial charge in [-0.25, -0.2) is 4.79 Å². The fourth-order valence-corrected chi connectivity index (χ4v) is 5.09. The van der Waals surface area contributed by atoms with Crippen LogP contribution in [0.3, 0.4) is 0 Å². The summed E-state index contributed by atoms with van der Waals surface area (Å²) in [7, 11) is 2.03. The number of hydrogen-bond acceptors (Lipinski definition) is 4. The third-order valence-corrected chi connectivity index (χ3v) is 7.70. The summed E-state index contributed by atoms with van der Waals surface area (Å²) in [4.78, 5) is 25.3. The molecule has 0 saturated heterocycles. The molecule has 0 aliphatic carbocycles. The van der Waals surface area contributed by atoms with Gasteiger partial charge in [0.05, 0.1) is 12.6 Å². The summed E-state index contributed by atoms with van der Waals surface area (Å²) in [5.74, 6) is 0.152. The van der Waals surface area contributed by atoms with Crippen molar-refractivity contribution in [3.8, 4) is 5.75 Å². The Labute approximate surface area is 243 Å². The number of hydrogen-bond donors (Lipinski definition) is 1. The summed E-state index contributed by atoms with van der Waals surface area (Å²) in [6, 6.07) is 22.0. The van der Waals surface area contributed by atoms with E-state index < -0.39 is 6.10 Å². The lowest BCUT2D eigenvalue weighted by Crippen LogP contribution is -2.27. The van der Waals surface area contributed by atoms with Crippen molar-refractivity contribution in [2.75, 3.05) is 6.61 Å². The molecule has 1 unspecified atom stereocenters. The van der Waals surface area contributed by atoms with Crippen molar-refractivity contribution in [2.45, 2.75) is 72.4 Å². The predicted molar refractivity (Wildman–Crippen MR) is 165 cm³/mol. The van der Waals surface area contributed by atoms with Crippen molar-refractivity contribution in [3.63, 3.8) is 0 Å². The fraction of sp³-hybridized carbons (Fsp3) is 0.371. The zero-order valence-electron chi connectivity index (χ0n) is 25.5. The molecule has 2 atom stereocenters. The van der Waals surface area contributed by atoms with E-state index in [2.05, 4.69) is 67.9 Å². The first kappa shape index (κ1) is 29.9. The third-order valence-electron chi connectivity index (χ3n) is 7.70. The lowest BCUT2D eigenvalue weighted by Gasteiger charge is -2.22. The van der Waals surface area contributed by atoms with Crippen LogP contribution in [0.5, 0.6) is 5.75 Å². The molecule has 1 N–H and O–H groups in total. The number of ether oxygens (including phenoxy) is 2. The van der Waals surface area contributed by atoms with E-state index in [-0.39, 0.29) is 23.3 Å². The van der Waals surface area contributed by atoms with Gasteiger partial charge in [-0.05, 0) is 86.1 Å². The monoisotopic (exact) mass is 554 g/mol. The minimum absolute atomic E-state index is 0.0439. The number of amides is 1. The van der Waals surface area contributed by atoms with Gasteiger partial charge in [0.15, 0.2) is 6.10 Å². The largest absolute Gasteiger partial charge is 0.479 e. The van der Waals surface area contributed by atoms with E-state index in [0.717, 1.165) is 27.7 Å². The van der Waals surface area contributed by atoms with Gasteiger partial charge in [-0.2, -0.15) is 0 Å². The third kappa shape index (κ3) is 6.82. The quantitative estimate of drug-likeness (QED) is 0.222. The van der Waals surface area contributed by atoms with Crippen LogP contribution in [0.1, 0.15) is 85.9 Å². The van der Waals surface area contributed by atoms with Crippen LogP contribution in [-0.4, -0.2) is 29.2 Å². The lowest BCUT2D eigenvalue weighted by molar-refractivity contribution is -0.150. The minimum Gasteiger partial charge on any atom is -0.479 e. The highest BCUT2D eigenvalue weighted by atomic mass is 16.6. The molecule has 0 fully saturated rings. The second-order valence-electron chi connectivity index (χ2n) is 11.8. The highest BCUT2D eigenvalue weighted by molar-refractivity contribution is 5.99. The lowest BCUT2D eigenvalue weighted by atomic mass is 9.85. The second kappa shape index (κ2) is 12.2. The van der Waals surface area contributed by atoms with Gasteiger partial charge in [0.2, 0.25) is 0 Å². The maximum Gasteiger partial charge on any atom is 0.347 e. The number of carbonyl (C=O) groups is 2. The molecular weight excluding hydrogens is 512 g/mol. The Hall–Kier alpha value is -4.06. The summed E-state index contributed by atoms with van der Waals surface area (Å²) in [6.07, 6.45) is 0.0140. The first-order valence-electron chi connectivity index (χ1n) is 14.3. The summed E-state index contributed by atoms with van der Waals surface area (Å²) in [5, 5.41) is 4.29. The molecule has 0 aliphatic heterocycles. The van der Waals surface area contributed by atoms with Gasteiger partial charge in [-0.3, -0.25) is 4.79 Å². The van der Waals surface area contributed by atoms with Crippen molar-refractivity contribution in [1.29, 1.82) is 0 Å². The zero-order valence-corrected chi connectivity index (χ0v) is 25.5. The Morgan fingerprint density at radius 2 is 1.71 bits per heavy atom. The Bertz CT molecular complexity index is 1560. The molecule has 41 heavy (non-hydrogen) atoms. The Morgan fingerprint density at radius 1 is 0.976 bits per heavy atom. The number of esters is 1. The molecule has 216 valence electrons. The van der Waals surface area contributed by atoms with E-state index in [0.29, 0.717) is 24.3 Å². The molecule has 4 rings (SSSR count). The molecule has 1 aromatic heterocycles. The van der Waals surface area contributed by atoms with Gasteiger partial charge < -0.3 is 19.4 Å². The smallest absolute Gasteiger partial charge is 0.347 e. The van der Waals surface area contributed by atoms with Crippen molar-refractivity contribution >= 4 is 22.8 Å². The van der Waals surface area contributed by atoms with Gasteiger partial charge in [0.1, 0.15) is 5.75 Å². The number of aryl methyl sites for hydroxylation is 1. The van der Waals surface area contributed by atoms with E-state index in [1.54, 1.807) is 13.8 Å². The molecule has 0 saturated carbocycles. The average molecular weight is 555 g/mol. The summed E-state index contributed by atoms with van der Waals surface area (Å²) in [5.41, 5.74) is 7.42. The van der Waals surface area contributed by atoms with Crippen LogP contribution in [0.4, 0.5) is 0 Å². The zero-order chi connectivity index (χ0) is 29.9. The summed E-state index contributed by atoms with van der Waals surface area (Å²) < 4.78 is 13.0. The number of benzene rings is 3. The molecule has 0 spiro atoms. The molecule has 0 radical (unpaired) electrons. The van der Waals surface area contributed by atoms with Crippen LogP contribution in [0.2, 0.25) is 0 Å². The molecule has 0 bridgehead atoms. The predicted octanol–water partition coefficient (Wildman–Crippen LogP) is 7.20. The van der Waals surface area contributed by atoms with Gasteiger partial charge in [0, 0.05) is 29.2 Å². The molecule has 1 amide bonds. The summed E-state index contributed by atoms with van der Waals surface area (Å²) in [6.45, 7) is 14.5. The molecule has 6 heteroatoms. The molecular formula is C35H42N2O4. The van der Waals surface area contributed by atoms with Crippen LogP contribution >= 0.6 is 0 Å². The maximum absolute atomic E-state index is 13.3. The van der Waals surface area contributed by atoms with E-state index in [1.807, 2.05) is 50.4 Å². The van der Waals surface area contributed by atoms with Crippen LogP contribution in [-0.2, 0) is 28.4 Å². The number of rotatable bonds is 9. The highest BCUT2D eigenvalue weighted by Gasteiger charge is 2.20. The second-order valence-corrected chi connectivity index (χ2v) is 11.8.